The fourth-order valence-electron chi connectivity index (χ4n) is 5.66. The molecule has 0 saturated carbocycles. The van der Waals surface area contributed by atoms with Gasteiger partial charge < -0.3 is 4.90 Å². The molecule has 0 radical (unpaired) electrons. The Kier molecular flexibility index (Phi) is 4.90. The van der Waals surface area contributed by atoms with Crippen LogP contribution < -0.4 is 9.80 Å². The van der Waals surface area contributed by atoms with Crippen LogP contribution in [0.4, 0.5) is 24.5 Å². The van der Waals surface area contributed by atoms with E-state index in [-0.39, 0.29) is 11.5 Å². The maximum absolute atomic E-state index is 13.8. The summed E-state index contributed by atoms with van der Waals surface area (Å²) in [6.45, 7) is 0. The largest absolute Gasteiger partial charge is 0.416 e. The molecule has 2 fully saturated rings. The number of halogens is 3. The summed E-state index contributed by atoms with van der Waals surface area (Å²) in [4.78, 5) is 44.0. The van der Waals surface area contributed by atoms with Crippen molar-refractivity contribution in [3.63, 3.8) is 0 Å². The van der Waals surface area contributed by atoms with E-state index in [1.807, 2.05) is 35.2 Å². The van der Waals surface area contributed by atoms with Crippen molar-refractivity contribution in [1.82, 2.24) is 0 Å². The van der Waals surface area contributed by atoms with E-state index in [2.05, 4.69) is 0 Å². The normalized spacial score (nSPS) is 24.5. The molecule has 3 aromatic carbocycles. The highest BCUT2D eigenvalue weighted by Gasteiger charge is 2.64. The summed E-state index contributed by atoms with van der Waals surface area (Å²) in [6.07, 6.45) is -0.969. The minimum atomic E-state index is -4.63. The predicted molar refractivity (Wildman–Crippen MR) is 127 cm³/mol. The topological polar surface area (TPSA) is 57.7 Å². The zero-order chi connectivity index (χ0) is 25.2. The van der Waals surface area contributed by atoms with Gasteiger partial charge in [0, 0.05) is 11.3 Å². The molecule has 4 atom stereocenters. The lowest BCUT2D eigenvalue weighted by molar-refractivity contribution is -0.137. The first-order valence-electron chi connectivity index (χ1n) is 11.5. The van der Waals surface area contributed by atoms with E-state index in [4.69, 9.17) is 0 Å². The molecule has 0 N–H and O–H groups in total. The van der Waals surface area contributed by atoms with Gasteiger partial charge in [0.2, 0.25) is 11.8 Å². The number of nitrogens with zero attached hydrogens (tertiary/aromatic N) is 2. The molecule has 0 spiro atoms. The third kappa shape index (κ3) is 3.21. The highest BCUT2D eigenvalue weighted by atomic mass is 19.4. The van der Waals surface area contributed by atoms with E-state index in [1.165, 1.54) is 12.1 Å². The molecule has 0 unspecified atom stereocenters. The highest BCUT2D eigenvalue weighted by molar-refractivity contribution is 6.25. The van der Waals surface area contributed by atoms with Gasteiger partial charge in [-0.1, -0.05) is 66.7 Å². The fraction of sp³-hybridized carbons (Fsp3) is 0.179. The second-order valence-electron chi connectivity index (χ2n) is 9.10. The van der Waals surface area contributed by atoms with Crippen molar-refractivity contribution in [2.45, 2.75) is 18.3 Å². The molecule has 180 valence electrons. The molecular formula is C28H19F3N2O3. The van der Waals surface area contributed by atoms with Crippen LogP contribution in [0.2, 0.25) is 0 Å². The van der Waals surface area contributed by atoms with Crippen LogP contribution >= 0.6 is 0 Å². The Hall–Kier alpha value is -4.20. The predicted octanol–water partition coefficient (Wildman–Crippen LogP) is 4.98. The van der Waals surface area contributed by atoms with Crippen LogP contribution in [-0.4, -0.2) is 29.7 Å². The van der Waals surface area contributed by atoms with E-state index < -0.39 is 47.5 Å². The average molecular weight is 488 g/mol. The number of hydrogen-bond acceptors (Lipinski definition) is 4. The molecule has 3 aliphatic rings. The zero-order valence-corrected chi connectivity index (χ0v) is 18.7. The number of fused-ring (bicyclic) bond motifs is 5. The van der Waals surface area contributed by atoms with Crippen molar-refractivity contribution in [1.29, 1.82) is 0 Å². The van der Waals surface area contributed by atoms with Gasteiger partial charge in [0.25, 0.3) is 0 Å². The van der Waals surface area contributed by atoms with Crippen molar-refractivity contribution >= 4 is 35.0 Å². The van der Waals surface area contributed by atoms with E-state index in [0.717, 1.165) is 28.3 Å². The molecule has 2 amide bonds. The molecule has 2 saturated heterocycles. The number of rotatable bonds is 3. The summed E-state index contributed by atoms with van der Waals surface area (Å²) in [5, 5.41) is 0. The summed E-state index contributed by atoms with van der Waals surface area (Å²) in [6, 6.07) is 18.5. The maximum atomic E-state index is 13.8. The van der Waals surface area contributed by atoms with Gasteiger partial charge in [0.15, 0.2) is 5.78 Å². The Bertz CT molecular complexity index is 1430. The number of amides is 2. The number of benzene rings is 3. The smallest absolute Gasteiger partial charge is 0.352 e. The maximum Gasteiger partial charge on any atom is 0.416 e. The first-order chi connectivity index (χ1) is 17.3. The molecule has 36 heavy (non-hydrogen) atoms. The Morgan fingerprint density at radius 1 is 0.806 bits per heavy atom. The first kappa shape index (κ1) is 22.3. The van der Waals surface area contributed by atoms with Gasteiger partial charge in [-0.2, -0.15) is 13.2 Å². The fourth-order valence-corrected chi connectivity index (χ4v) is 5.66. The lowest BCUT2D eigenvalue weighted by Gasteiger charge is -2.36. The summed E-state index contributed by atoms with van der Waals surface area (Å²) in [5.41, 5.74) is 0.885. The standard InChI is InChI=1S/C28H19F3N2O3/c29-28(30,31)18-10-6-11-19(15-18)32-26(35)22-21-14-13-16-7-4-5-12-20(16)33(21)24(23(22)27(32)36)25(34)17-8-2-1-3-9-17/h1-15,21-24H/t21-,22-,23-,24+/m1/s1. The van der Waals surface area contributed by atoms with Gasteiger partial charge in [0.05, 0.1) is 29.1 Å². The summed E-state index contributed by atoms with van der Waals surface area (Å²) >= 11 is 0. The SMILES string of the molecule is O=C(c1ccccc1)[C@@H]1[C@@H]2C(=O)N(c3cccc(C(F)(F)F)c3)C(=O)[C@@H]2[C@H]2C=Cc3ccccc3N21. The van der Waals surface area contributed by atoms with Crippen LogP contribution in [0.15, 0.2) is 84.9 Å². The lowest BCUT2D eigenvalue weighted by atomic mass is 9.86. The minimum Gasteiger partial charge on any atom is -0.352 e. The Balaban J connectivity index is 1.48. The highest BCUT2D eigenvalue weighted by Crippen LogP contribution is 2.50. The van der Waals surface area contributed by atoms with Crippen LogP contribution in [0.1, 0.15) is 21.5 Å². The molecule has 3 aromatic rings. The second kappa shape index (κ2) is 7.91. The van der Waals surface area contributed by atoms with Gasteiger partial charge in [-0.3, -0.25) is 14.4 Å². The first-order valence-corrected chi connectivity index (χ1v) is 11.5. The molecule has 3 heterocycles. The quantitative estimate of drug-likeness (QED) is 0.386. The van der Waals surface area contributed by atoms with Gasteiger partial charge in [-0.15, -0.1) is 0 Å². The van der Waals surface area contributed by atoms with E-state index in [9.17, 15) is 27.6 Å². The van der Waals surface area contributed by atoms with E-state index in [1.54, 1.807) is 36.4 Å². The molecule has 5 nitrogen and oxygen atoms in total. The molecule has 0 aliphatic carbocycles. The van der Waals surface area contributed by atoms with Crippen LogP contribution in [0, 0.1) is 11.8 Å². The summed E-state index contributed by atoms with van der Waals surface area (Å²) in [7, 11) is 0. The number of alkyl halides is 3. The van der Waals surface area contributed by atoms with Crippen molar-refractivity contribution in [2.24, 2.45) is 11.8 Å². The summed E-state index contributed by atoms with van der Waals surface area (Å²) < 4.78 is 40.0. The number of hydrogen-bond donors (Lipinski definition) is 0. The van der Waals surface area contributed by atoms with E-state index in [0.29, 0.717) is 5.56 Å². The van der Waals surface area contributed by atoms with Gasteiger partial charge >= 0.3 is 6.18 Å². The number of imide groups is 1. The number of anilines is 2. The monoisotopic (exact) mass is 488 g/mol. The molecule has 0 bridgehead atoms. The number of carbonyl (C=O) groups is 3. The molecule has 0 aromatic heterocycles. The molecule has 8 heteroatoms. The number of para-hydroxylation sites is 1. The van der Waals surface area contributed by atoms with E-state index >= 15 is 0 Å². The lowest BCUT2D eigenvalue weighted by Crippen LogP contribution is -2.48. The van der Waals surface area contributed by atoms with Crippen LogP contribution in [-0.2, 0) is 15.8 Å². The second-order valence-corrected chi connectivity index (χ2v) is 9.10. The Labute approximate surface area is 204 Å². The van der Waals surface area contributed by atoms with Gasteiger partial charge in [-0.25, -0.2) is 4.90 Å². The van der Waals surface area contributed by atoms with Crippen LogP contribution in [0.3, 0.4) is 0 Å². The summed E-state index contributed by atoms with van der Waals surface area (Å²) in [5.74, 6) is -3.54. The van der Waals surface area contributed by atoms with Crippen LogP contribution in [0.5, 0.6) is 0 Å². The number of ketones is 1. The third-order valence-corrected chi connectivity index (χ3v) is 7.17. The third-order valence-electron chi connectivity index (χ3n) is 7.17. The zero-order valence-electron chi connectivity index (χ0n) is 18.7. The van der Waals surface area contributed by atoms with Gasteiger partial charge in [-0.05, 0) is 29.8 Å². The Morgan fingerprint density at radius 2 is 1.50 bits per heavy atom. The molecule has 3 aliphatic heterocycles. The number of carbonyl (C=O) groups excluding carboxylic acids is 3. The molecule has 6 rings (SSSR count). The van der Waals surface area contributed by atoms with Crippen molar-refractivity contribution in [3.05, 3.63) is 102 Å². The van der Waals surface area contributed by atoms with Crippen molar-refractivity contribution < 1.29 is 27.6 Å². The Morgan fingerprint density at radius 3 is 2.25 bits per heavy atom. The minimum absolute atomic E-state index is 0.146. The van der Waals surface area contributed by atoms with Crippen LogP contribution in [0.25, 0.3) is 6.08 Å². The van der Waals surface area contributed by atoms with Crippen molar-refractivity contribution in [2.75, 3.05) is 9.80 Å². The van der Waals surface area contributed by atoms with Gasteiger partial charge in [0.1, 0.15) is 6.04 Å². The van der Waals surface area contributed by atoms with Crippen molar-refractivity contribution in [3.8, 4) is 0 Å². The molecular weight excluding hydrogens is 469 g/mol. The average Bonchev–Trinajstić information content (AvgIpc) is 3.36. The number of Topliss-reactive ketones (excluding diaryl/α,β-unsaturated/α-hetero) is 1.